The largest absolute Gasteiger partial charge is 0.351 e. The van der Waals surface area contributed by atoms with Crippen LogP contribution in [-0.2, 0) is 13.6 Å². The standard InChI is InChI=1S/C17H15FN2O/c1-20-9-8-14-15(6-3-7-16(14)20)17(21)19-11-12-4-2-5-13(18)10-12/h2-10H,11H2,1H3,(H,19,21). The molecular formula is C17H15FN2O. The van der Waals surface area contributed by atoms with Crippen molar-refractivity contribution in [2.45, 2.75) is 6.54 Å². The van der Waals surface area contributed by atoms with Crippen LogP contribution in [0.4, 0.5) is 4.39 Å². The van der Waals surface area contributed by atoms with Gasteiger partial charge in [0.15, 0.2) is 0 Å². The van der Waals surface area contributed by atoms with Crippen molar-refractivity contribution in [1.82, 2.24) is 9.88 Å². The molecule has 0 saturated carbocycles. The normalized spacial score (nSPS) is 10.8. The highest BCUT2D eigenvalue weighted by molar-refractivity contribution is 6.06. The first-order chi connectivity index (χ1) is 10.1. The predicted octanol–water partition coefficient (Wildman–Crippen LogP) is 3.25. The molecule has 0 aliphatic rings. The Kier molecular flexibility index (Phi) is 3.44. The molecule has 1 heterocycles. The fourth-order valence-electron chi connectivity index (χ4n) is 2.42. The molecule has 0 fully saturated rings. The Morgan fingerprint density at radius 3 is 2.81 bits per heavy atom. The summed E-state index contributed by atoms with van der Waals surface area (Å²) in [4.78, 5) is 12.3. The summed E-state index contributed by atoms with van der Waals surface area (Å²) in [6, 6.07) is 13.8. The van der Waals surface area contributed by atoms with Gasteiger partial charge in [-0.05, 0) is 35.9 Å². The highest BCUT2D eigenvalue weighted by atomic mass is 19.1. The quantitative estimate of drug-likeness (QED) is 0.786. The number of hydrogen-bond acceptors (Lipinski definition) is 1. The summed E-state index contributed by atoms with van der Waals surface area (Å²) in [5.74, 6) is -0.456. The monoisotopic (exact) mass is 282 g/mol. The third-order valence-corrected chi connectivity index (χ3v) is 3.51. The van der Waals surface area contributed by atoms with Gasteiger partial charge in [-0.1, -0.05) is 18.2 Å². The van der Waals surface area contributed by atoms with Crippen molar-refractivity contribution in [3.05, 3.63) is 71.7 Å². The number of rotatable bonds is 3. The summed E-state index contributed by atoms with van der Waals surface area (Å²) in [6.07, 6.45) is 1.92. The van der Waals surface area contributed by atoms with Crippen molar-refractivity contribution < 1.29 is 9.18 Å². The van der Waals surface area contributed by atoms with Crippen molar-refractivity contribution in [3.63, 3.8) is 0 Å². The number of hydrogen-bond donors (Lipinski definition) is 1. The van der Waals surface area contributed by atoms with Crippen molar-refractivity contribution >= 4 is 16.8 Å². The number of halogens is 1. The molecule has 0 saturated heterocycles. The Balaban J connectivity index is 1.81. The van der Waals surface area contributed by atoms with E-state index in [1.54, 1.807) is 18.2 Å². The summed E-state index contributed by atoms with van der Waals surface area (Å²) in [6.45, 7) is 0.305. The van der Waals surface area contributed by atoms with E-state index < -0.39 is 0 Å². The van der Waals surface area contributed by atoms with E-state index in [-0.39, 0.29) is 11.7 Å². The third kappa shape index (κ3) is 2.65. The molecule has 3 aromatic rings. The molecule has 0 bridgehead atoms. The minimum absolute atomic E-state index is 0.156. The second-order valence-electron chi connectivity index (χ2n) is 4.98. The number of carbonyl (C=O) groups excluding carboxylic acids is 1. The van der Waals surface area contributed by atoms with Gasteiger partial charge in [-0.2, -0.15) is 0 Å². The van der Waals surface area contributed by atoms with Crippen LogP contribution in [-0.4, -0.2) is 10.5 Å². The molecule has 21 heavy (non-hydrogen) atoms. The summed E-state index contributed by atoms with van der Waals surface area (Å²) in [5, 5.41) is 3.74. The summed E-state index contributed by atoms with van der Waals surface area (Å²) < 4.78 is 15.1. The molecular weight excluding hydrogens is 267 g/mol. The van der Waals surface area contributed by atoms with E-state index in [9.17, 15) is 9.18 Å². The number of fused-ring (bicyclic) bond motifs is 1. The van der Waals surface area contributed by atoms with Crippen molar-refractivity contribution in [2.24, 2.45) is 7.05 Å². The Hall–Kier alpha value is -2.62. The summed E-state index contributed by atoms with van der Waals surface area (Å²) in [5.41, 5.74) is 2.38. The van der Waals surface area contributed by atoms with E-state index in [1.807, 2.05) is 36.0 Å². The molecule has 0 aliphatic heterocycles. The second-order valence-corrected chi connectivity index (χ2v) is 4.98. The first-order valence-electron chi connectivity index (χ1n) is 6.72. The number of benzene rings is 2. The first kappa shape index (κ1) is 13.4. The van der Waals surface area contributed by atoms with Gasteiger partial charge >= 0.3 is 0 Å². The number of aryl methyl sites for hydroxylation is 1. The van der Waals surface area contributed by atoms with Gasteiger partial charge in [0.1, 0.15) is 5.82 Å². The van der Waals surface area contributed by atoms with E-state index >= 15 is 0 Å². The van der Waals surface area contributed by atoms with Gasteiger partial charge in [-0.15, -0.1) is 0 Å². The lowest BCUT2D eigenvalue weighted by molar-refractivity contribution is 0.0952. The van der Waals surface area contributed by atoms with Crippen molar-refractivity contribution in [3.8, 4) is 0 Å². The molecule has 0 unspecified atom stereocenters. The SMILES string of the molecule is Cn1ccc2c(C(=O)NCc3cccc(F)c3)cccc21. The van der Waals surface area contributed by atoms with Crippen LogP contribution in [0.5, 0.6) is 0 Å². The maximum absolute atomic E-state index is 13.1. The van der Waals surface area contributed by atoms with Gasteiger partial charge in [0, 0.05) is 36.3 Å². The molecule has 0 aliphatic carbocycles. The second kappa shape index (κ2) is 5.40. The number of nitrogens with zero attached hydrogens (tertiary/aromatic N) is 1. The molecule has 1 amide bonds. The minimum atomic E-state index is -0.299. The molecule has 3 rings (SSSR count). The van der Waals surface area contributed by atoms with Crippen LogP contribution in [0.25, 0.3) is 10.9 Å². The number of carbonyl (C=O) groups is 1. The van der Waals surface area contributed by atoms with Crippen LogP contribution in [0.2, 0.25) is 0 Å². The van der Waals surface area contributed by atoms with Gasteiger partial charge in [0.25, 0.3) is 5.91 Å². The molecule has 106 valence electrons. The fraction of sp³-hybridized carbons (Fsp3) is 0.118. The molecule has 1 aromatic heterocycles. The molecule has 0 atom stereocenters. The molecule has 2 aromatic carbocycles. The van der Waals surface area contributed by atoms with E-state index in [0.29, 0.717) is 12.1 Å². The van der Waals surface area contributed by atoms with Crippen LogP contribution < -0.4 is 5.32 Å². The number of amides is 1. The smallest absolute Gasteiger partial charge is 0.252 e. The van der Waals surface area contributed by atoms with Crippen molar-refractivity contribution in [2.75, 3.05) is 0 Å². The van der Waals surface area contributed by atoms with Crippen LogP contribution in [0.1, 0.15) is 15.9 Å². The highest BCUT2D eigenvalue weighted by Gasteiger charge is 2.11. The average Bonchev–Trinajstić information content (AvgIpc) is 2.87. The number of nitrogens with one attached hydrogen (secondary N) is 1. The predicted molar refractivity (Wildman–Crippen MR) is 80.5 cm³/mol. The molecule has 0 spiro atoms. The lowest BCUT2D eigenvalue weighted by Gasteiger charge is -2.07. The van der Waals surface area contributed by atoms with E-state index in [2.05, 4.69) is 5.32 Å². The fourth-order valence-corrected chi connectivity index (χ4v) is 2.42. The third-order valence-electron chi connectivity index (χ3n) is 3.51. The molecule has 4 heteroatoms. The maximum atomic E-state index is 13.1. The maximum Gasteiger partial charge on any atom is 0.252 e. The zero-order valence-electron chi connectivity index (χ0n) is 11.6. The van der Waals surface area contributed by atoms with Crippen LogP contribution in [0.3, 0.4) is 0 Å². The Labute approximate surface area is 122 Å². The molecule has 0 radical (unpaired) electrons. The van der Waals surface area contributed by atoms with Crippen molar-refractivity contribution in [1.29, 1.82) is 0 Å². The van der Waals surface area contributed by atoms with Crippen LogP contribution in [0.15, 0.2) is 54.7 Å². The topological polar surface area (TPSA) is 34.0 Å². The summed E-state index contributed by atoms with van der Waals surface area (Å²) >= 11 is 0. The van der Waals surface area contributed by atoms with Crippen LogP contribution in [0, 0.1) is 5.82 Å². The number of aromatic nitrogens is 1. The van der Waals surface area contributed by atoms with E-state index in [0.717, 1.165) is 16.5 Å². The average molecular weight is 282 g/mol. The first-order valence-corrected chi connectivity index (χ1v) is 6.72. The van der Waals surface area contributed by atoms with Gasteiger partial charge in [0.2, 0.25) is 0 Å². The summed E-state index contributed by atoms with van der Waals surface area (Å²) in [7, 11) is 1.94. The molecule has 3 nitrogen and oxygen atoms in total. The van der Waals surface area contributed by atoms with E-state index in [1.165, 1.54) is 12.1 Å². The lowest BCUT2D eigenvalue weighted by atomic mass is 10.1. The Morgan fingerprint density at radius 2 is 2.00 bits per heavy atom. The molecule has 1 N–H and O–H groups in total. The van der Waals surface area contributed by atoms with Gasteiger partial charge in [0.05, 0.1) is 0 Å². The zero-order valence-corrected chi connectivity index (χ0v) is 11.6. The van der Waals surface area contributed by atoms with Gasteiger partial charge < -0.3 is 9.88 Å². The zero-order chi connectivity index (χ0) is 14.8. The Bertz CT molecular complexity index is 807. The van der Waals surface area contributed by atoms with Gasteiger partial charge in [-0.25, -0.2) is 4.39 Å². The minimum Gasteiger partial charge on any atom is -0.351 e. The van der Waals surface area contributed by atoms with Crippen LogP contribution >= 0.6 is 0 Å². The lowest BCUT2D eigenvalue weighted by Crippen LogP contribution is -2.23. The van der Waals surface area contributed by atoms with Gasteiger partial charge in [-0.3, -0.25) is 4.79 Å². The van der Waals surface area contributed by atoms with E-state index in [4.69, 9.17) is 0 Å². The highest BCUT2D eigenvalue weighted by Crippen LogP contribution is 2.19. The Morgan fingerprint density at radius 1 is 1.19 bits per heavy atom.